The highest BCUT2D eigenvalue weighted by Gasteiger charge is 2.14. The molecule has 0 spiro atoms. The van der Waals surface area contributed by atoms with Crippen molar-refractivity contribution in [2.75, 3.05) is 0 Å². The van der Waals surface area contributed by atoms with Crippen LogP contribution in [0.25, 0.3) is 11.2 Å². The summed E-state index contributed by atoms with van der Waals surface area (Å²) in [5.74, 6) is 0.871. The number of aromatic amines is 1. The molecule has 2 aromatic rings. The average molecular weight is 215 g/mol. The molecule has 1 N–H and O–H groups in total. The highest BCUT2D eigenvalue weighted by Crippen LogP contribution is 2.27. The fourth-order valence-corrected chi connectivity index (χ4v) is 2.71. The molecule has 2 heterocycles. The lowest BCUT2D eigenvalue weighted by Gasteiger charge is -2.21. The zero-order valence-electron chi connectivity index (χ0n) is 9.45. The molecule has 2 aromatic heterocycles. The molecule has 84 valence electrons. The summed E-state index contributed by atoms with van der Waals surface area (Å²) in [5.41, 5.74) is 3.24. The molecule has 3 rings (SSSR count). The number of imidazole rings is 1. The second-order valence-electron chi connectivity index (χ2n) is 4.83. The van der Waals surface area contributed by atoms with Crippen LogP contribution in [0.4, 0.5) is 0 Å². The molecule has 0 amide bonds. The van der Waals surface area contributed by atoms with Gasteiger partial charge >= 0.3 is 0 Å². The predicted molar refractivity (Wildman–Crippen MR) is 64.2 cm³/mol. The first-order chi connectivity index (χ1) is 7.92. The quantitative estimate of drug-likeness (QED) is 0.836. The van der Waals surface area contributed by atoms with Gasteiger partial charge in [0.05, 0.1) is 11.8 Å². The van der Waals surface area contributed by atoms with Crippen LogP contribution in [-0.2, 0) is 6.42 Å². The molecule has 0 aliphatic heterocycles. The Morgan fingerprint density at radius 1 is 1.19 bits per heavy atom. The average Bonchev–Trinajstić information content (AvgIpc) is 2.77. The van der Waals surface area contributed by atoms with E-state index >= 15 is 0 Å². The van der Waals surface area contributed by atoms with Crippen LogP contribution in [0, 0.1) is 5.92 Å². The third-order valence-electron chi connectivity index (χ3n) is 3.58. The first kappa shape index (κ1) is 9.82. The van der Waals surface area contributed by atoms with Gasteiger partial charge in [-0.25, -0.2) is 9.97 Å². The minimum atomic E-state index is 0.826. The van der Waals surface area contributed by atoms with Gasteiger partial charge < -0.3 is 4.98 Å². The van der Waals surface area contributed by atoms with Gasteiger partial charge in [0.2, 0.25) is 0 Å². The van der Waals surface area contributed by atoms with Crippen LogP contribution in [0.3, 0.4) is 0 Å². The standard InChI is InChI=1S/C13H17N3/c1-2-4-10(5-3-1)6-11-7-12-13(14-8-11)16-9-15-12/h7-10H,1-6H2,(H,14,15,16). The maximum absolute atomic E-state index is 4.36. The normalized spacial score (nSPS) is 18.0. The zero-order valence-corrected chi connectivity index (χ0v) is 9.45. The highest BCUT2D eigenvalue weighted by molar-refractivity contribution is 5.70. The summed E-state index contributed by atoms with van der Waals surface area (Å²) >= 11 is 0. The molecule has 1 fully saturated rings. The van der Waals surface area contributed by atoms with E-state index in [0.29, 0.717) is 0 Å². The van der Waals surface area contributed by atoms with E-state index in [1.165, 1.54) is 44.1 Å². The number of fused-ring (bicyclic) bond motifs is 1. The number of rotatable bonds is 2. The summed E-state index contributed by atoms with van der Waals surface area (Å²) in [5, 5.41) is 0. The monoisotopic (exact) mass is 215 g/mol. The summed E-state index contributed by atoms with van der Waals surface area (Å²) in [4.78, 5) is 11.6. The third-order valence-corrected chi connectivity index (χ3v) is 3.58. The Morgan fingerprint density at radius 2 is 2.06 bits per heavy atom. The van der Waals surface area contributed by atoms with Crippen molar-refractivity contribution in [2.24, 2.45) is 5.92 Å². The SMILES string of the molecule is c1nc2ncc(CC3CCCCC3)cc2[nH]1. The fraction of sp³-hybridized carbons (Fsp3) is 0.538. The van der Waals surface area contributed by atoms with E-state index in [1.54, 1.807) is 6.33 Å². The van der Waals surface area contributed by atoms with Gasteiger partial charge in [-0.1, -0.05) is 32.1 Å². The lowest BCUT2D eigenvalue weighted by atomic mass is 9.85. The maximum atomic E-state index is 4.36. The molecular weight excluding hydrogens is 198 g/mol. The number of aromatic nitrogens is 3. The Kier molecular flexibility index (Phi) is 2.60. The first-order valence-electron chi connectivity index (χ1n) is 6.20. The maximum Gasteiger partial charge on any atom is 0.177 e. The van der Waals surface area contributed by atoms with Gasteiger partial charge in [-0.15, -0.1) is 0 Å². The van der Waals surface area contributed by atoms with Crippen LogP contribution in [0.5, 0.6) is 0 Å². The number of pyridine rings is 1. The van der Waals surface area contributed by atoms with Gasteiger partial charge in [0, 0.05) is 6.20 Å². The summed E-state index contributed by atoms with van der Waals surface area (Å²) in [6.07, 6.45) is 11.9. The van der Waals surface area contributed by atoms with Crippen LogP contribution in [-0.4, -0.2) is 15.0 Å². The van der Waals surface area contributed by atoms with Crippen LogP contribution in [0.15, 0.2) is 18.6 Å². The Bertz CT molecular complexity index is 469. The molecule has 16 heavy (non-hydrogen) atoms. The lowest BCUT2D eigenvalue weighted by molar-refractivity contribution is 0.356. The van der Waals surface area contributed by atoms with E-state index in [9.17, 15) is 0 Å². The molecule has 3 heteroatoms. The van der Waals surface area contributed by atoms with E-state index in [4.69, 9.17) is 0 Å². The minimum absolute atomic E-state index is 0.826. The minimum Gasteiger partial charge on any atom is -0.343 e. The number of nitrogens with zero attached hydrogens (tertiary/aromatic N) is 2. The molecule has 3 nitrogen and oxygen atoms in total. The topological polar surface area (TPSA) is 41.6 Å². The Labute approximate surface area is 95.3 Å². The predicted octanol–water partition coefficient (Wildman–Crippen LogP) is 3.08. The summed E-state index contributed by atoms with van der Waals surface area (Å²) < 4.78 is 0. The van der Waals surface area contributed by atoms with E-state index in [-0.39, 0.29) is 0 Å². The highest BCUT2D eigenvalue weighted by atomic mass is 14.9. The van der Waals surface area contributed by atoms with Crippen molar-refractivity contribution in [1.82, 2.24) is 15.0 Å². The van der Waals surface area contributed by atoms with Gasteiger partial charge in [0.15, 0.2) is 5.65 Å². The van der Waals surface area contributed by atoms with Gasteiger partial charge in [-0.3, -0.25) is 0 Å². The van der Waals surface area contributed by atoms with Crippen molar-refractivity contribution in [3.8, 4) is 0 Å². The first-order valence-corrected chi connectivity index (χ1v) is 6.20. The fourth-order valence-electron chi connectivity index (χ4n) is 2.71. The van der Waals surface area contributed by atoms with Crippen LogP contribution >= 0.6 is 0 Å². The van der Waals surface area contributed by atoms with Gasteiger partial charge in [-0.2, -0.15) is 0 Å². The van der Waals surface area contributed by atoms with Gasteiger partial charge in [0.1, 0.15) is 0 Å². The van der Waals surface area contributed by atoms with Crippen molar-refractivity contribution in [3.05, 3.63) is 24.2 Å². The summed E-state index contributed by atoms with van der Waals surface area (Å²) in [7, 11) is 0. The molecule has 1 saturated carbocycles. The second kappa shape index (κ2) is 4.24. The van der Waals surface area contributed by atoms with Crippen molar-refractivity contribution in [3.63, 3.8) is 0 Å². The summed E-state index contributed by atoms with van der Waals surface area (Å²) in [6.45, 7) is 0. The Morgan fingerprint density at radius 3 is 2.94 bits per heavy atom. The lowest BCUT2D eigenvalue weighted by Crippen LogP contribution is -2.09. The number of H-pyrrole nitrogens is 1. The molecule has 0 atom stereocenters. The molecule has 1 aliphatic carbocycles. The molecule has 0 radical (unpaired) electrons. The Hall–Kier alpha value is -1.38. The number of hydrogen-bond acceptors (Lipinski definition) is 2. The molecule has 1 aliphatic rings. The van der Waals surface area contributed by atoms with E-state index in [2.05, 4.69) is 21.0 Å². The second-order valence-corrected chi connectivity index (χ2v) is 4.83. The van der Waals surface area contributed by atoms with Crippen molar-refractivity contribution in [2.45, 2.75) is 38.5 Å². The number of hydrogen-bond donors (Lipinski definition) is 1. The third kappa shape index (κ3) is 1.94. The van der Waals surface area contributed by atoms with Crippen LogP contribution < -0.4 is 0 Å². The van der Waals surface area contributed by atoms with Crippen molar-refractivity contribution >= 4 is 11.2 Å². The van der Waals surface area contributed by atoms with Gasteiger partial charge in [-0.05, 0) is 24.0 Å². The number of nitrogens with one attached hydrogen (secondary N) is 1. The molecule has 0 bridgehead atoms. The molecule has 0 unspecified atom stereocenters. The van der Waals surface area contributed by atoms with Crippen molar-refractivity contribution < 1.29 is 0 Å². The van der Waals surface area contributed by atoms with Crippen LogP contribution in [0.1, 0.15) is 37.7 Å². The molecule has 0 aromatic carbocycles. The van der Waals surface area contributed by atoms with E-state index < -0.39 is 0 Å². The zero-order chi connectivity index (χ0) is 10.8. The van der Waals surface area contributed by atoms with Crippen LogP contribution in [0.2, 0.25) is 0 Å². The van der Waals surface area contributed by atoms with E-state index in [1.807, 2.05) is 6.20 Å². The Balaban J connectivity index is 1.77. The van der Waals surface area contributed by atoms with Crippen molar-refractivity contribution in [1.29, 1.82) is 0 Å². The summed E-state index contributed by atoms with van der Waals surface area (Å²) in [6, 6.07) is 2.20. The molecular formula is C13H17N3. The molecule has 0 saturated heterocycles. The van der Waals surface area contributed by atoms with Gasteiger partial charge in [0.25, 0.3) is 0 Å². The smallest absolute Gasteiger partial charge is 0.177 e. The van der Waals surface area contributed by atoms with E-state index in [0.717, 1.165) is 17.1 Å². The largest absolute Gasteiger partial charge is 0.343 e.